The molecule has 1 aliphatic heterocycles. The maximum atomic E-state index is 13.1. The van der Waals surface area contributed by atoms with Crippen LogP contribution in [0, 0.1) is 5.82 Å². The van der Waals surface area contributed by atoms with Gasteiger partial charge in [0.2, 0.25) is 5.91 Å². The van der Waals surface area contributed by atoms with Crippen molar-refractivity contribution < 1.29 is 13.9 Å². The first-order valence-electron chi connectivity index (χ1n) is 9.81. The molecule has 0 radical (unpaired) electrons. The molecule has 0 unspecified atom stereocenters. The summed E-state index contributed by atoms with van der Waals surface area (Å²) in [4.78, 5) is 19.3. The number of carbonyl (C=O) groups excluding carboxylic acids is 1. The SMILES string of the molecule is O=C(Cc1ccc(F)cc1)N1CCO[C@H](c2cccc(Cc3ccccc3)n2)C1. The molecule has 0 spiro atoms. The van der Waals surface area contributed by atoms with E-state index in [-0.39, 0.29) is 24.2 Å². The summed E-state index contributed by atoms with van der Waals surface area (Å²) in [7, 11) is 0. The zero-order valence-corrected chi connectivity index (χ0v) is 16.1. The van der Waals surface area contributed by atoms with Crippen LogP contribution < -0.4 is 0 Å². The lowest BCUT2D eigenvalue weighted by Gasteiger charge is -2.33. The lowest BCUT2D eigenvalue weighted by molar-refractivity contribution is -0.138. The number of nitrogens with zero attached hydrogens (tertiary/aromatic N) is 2. The van der Waals surface area contributed by atoms with Crippen molar-refractivity contribution in [2.24, 2.45) is 0 Å². The summed E-state index contributed by atoms with van der Waals surface area (Å²) in [6.45, 7) is 1.51. The number of ether oxygens (including phenoxy) is 1. The van der Waals surface area contributed by atoms with E-state index < -0.39 is 0 Å². The van der Waals surface area contributed by atoms with Gasteiger partial charge in [0.05, 0.1) is 25.3 Å². The van der Waals surface area contributed by atoms with Crippen molar-refractivity contribution in [3.05, 3.63) is 101 Å². The minimum absolute atomic E-state index is 0.0188. The number of morpholine rings is 1. The number of halogens is 1. The van der Waals surface area contributed by atoms with Crippen molar-refractivity contribution in [1.29, 1.82) is 0 Å². The van der Waals surface area contributed by atoms with Crippen LogP contribution in [0.2, 0.25) is 0 Å². The number of benzene rings is 2. The molecule has 0 saturated carbocycles. The Bertz CT molecular complexity index is 960. The van der Waals surface area contributed by atoms with Crippen LogP contribution in [-0.2, 0) is 22.4 Å². The third-order valence-corrected chi connectivity index (χ3v) is 5.07. The minimum atomic E-state index is -0.297. The van der Waals surface area contributed by atoms with E-state index in [1.54, 1.807) is 12.1 Å². The Kier molecular flexibility index (Phi) is 5.96. The second-order valence-electron chi connectivity index (χ2n) is 7.22. The topological polar surface area (TPSA) is 42.4 Å². The van der Waals surface area contributed by atoms with Gasteiger partial charge in [-0.25, -0.2) is 4.39 Å². The molecule has 1 atom stereocenters. The molecule has 4 nitrogen and oxygen atoms in total. The van der Waals surface area contributed by atoms with Crippen LogP contribution in [0.1, 0.15) is 28.6 Å². The fraction of sp³-hybridized carbons (Fsp3) is 0.250. The van der Waals surface area contributed by atoms with E-state index in [4.69, 9.17) is 9.72 Å². The Morgan fingerprint density at radius 2 is 1.79 bits per heavy atom. The largest absolute Gasteiger partial charge is 0.368 e. The molecule has 2 heterocycles. The van der Waals surface area contributed by atoms with Crippen LogP contribution in [0.15, 0.2) is 72.8 Å². The van der Waals surface area contributed by atoms with E-state index in [2.05, 4.69) is 12.1 Å². The van der Waals surface area contributed by atoms with Gasteiger partial charge < -0.3 is 9.64 Å². The van der Waals surface area contributed by atoms with Gasteiger partial charge in [-0.15, -0.1) is 0 Å². The summed E-state index contributed by atoms with van der Waals surface area (Å²) in [5, 5.41) is 0. The molecule has 1 aromatic heterocycles. The third-order valence-electron chi connectivity index (χ3n) is 5.07. The van der Waals surface area contributed by atoms with Crippen LogP contribution in [0.5, 0.6) is 0 Å². The molecule has 148 valence electrons. The molecule has 1 aliphatic rings. The first-order valence-corrected chi connectivity index (χ1v) is 9.81. The van der Waals surface area contributed by atoms with Crippen molar-refractivity contribution in [1.82, 2.24) is 9.88 Å². The highest BCUT2D eigenvalue weighted by atomic mass is 19.1. The van der Waals surface area contributed by atoms with E-state index in [0.717, 1.165) is 23.4 Å². The summed E-state index contributed by atoms with van der Waals surface area (Å²) >= 11 is 0. The smallest absolute Gasteiger partial charge is 0.227 e. The van der Waals surface area contributed by atoms with Gasteiger partial charge in [0.1, 0.15) is 11.9 Å². The molecule has 3 aromatic rings. The molecule has 0 aliphatic carbocycles. The third kappa shape index (κ3) is 5.06. The Labute approximate surface area is 170 Å². The molecule has 0 bridgehead atoms. The molecule has 1 fully saturated rings. The van der Waals surface area contributed by atoms with Crippen LogP contribution in [0.4, 0.5) is 4.39 Å². The van der Waals surface area contributed by atoms with Crippen molar-refractivity contribution in [2.45, 2.75) is 18.9 Å². The van der Waals surface area contributed by atoms with E-state index in [1.807, 2.05) is 41.3 Å². The molecule has 1 amide bonds. The van der Waals surface area contributed by atoms with Crippen molar-refractivity contribution in [2.75, 3.05) is 19.7 Å². The van der Waals surface area contributed by atoms with E-state index in [9.17, 15) is 9.18 Å². The predicted molar refractivity (Wildman–Crippen MR) is 109 cm³/mol. The van der Waals surface area contributed by atoms with Gasteiger partial charge in [-0.3, -0.25) is 9.78 Å². The second-order valence-corrected chi connectivity index (χ2v) is 7.22. The second kappa shape index (κ2) is 8.97. The first kappa shape index (κ1) is 19.3. The zero-order valence-electron chi connectivity index (χ0n) is 16.1. The highest BCUT2D eigenvalue weighted by Crippen LogP contribution is 2.22. The summed E-state index contributed by atoms with van der Waals surface area (Å²) in [6.07, 6.45) is 0.778. The molecule has 2 aromatic carbocycles. The number of pyridine rings is 1. The highest BCUT2D eigenvalue weighted by molar-refractivity contribution is 5.78. The van der Waals surface area contributed by atoms with Gasteiger partial charge >= 0.3 is 0 Å². The van der Waals surface area contributed by atoms with Crippen LogP contribution in [-0.4, -0.2) is 35.5 Å². The predicted octanol–water partition coefficient (Wildman–Crippen LogP) is 3.95. The van der Waals surface area contributed by atoms with Gasteiger partial charge in [0.25, 0.3) is 0 Å². The number of hydrogen-bond acceptors (Lipinski definition) is 3. The van der Waals surface area contributed by atoms with E-state index in [1.165, 1.54) is 17.7 Å². The van der Waals surface area contributed by atoms with Gasteiger partial charge in [0, 0.05) is 18.7 Å². The fourth-order valence-electron chi connectivity index (χ4n) is 3.52. The Hall–Kier alpha value is -3.05. The number of hydrogen-bond donors (Lipinski definition) is 0. The van der Waals surface area contributed by atoms with Gasteiger partial charge in [0.15, 0.2) is 0 Å². The molecular formula is C24H23FN2O2. The van der Waals surface area contributed by atoms with Crippen molar-refractivity contribution in [3.8, 4) is 0 Å². The minimum Gasteiger partial charge on any atom is -0.368 e. The molecule has 1 saturated heterocycles. The lowest BCUT2D eigenvalue weighted by atomic mass is 10.1. The van der Waals surface area contributed by atoms with Gasteiger partial charge in [-0.05, 0) is 35.4 Å². The molecule has 5 heteroatoms. The zero-order chi connectivity index (χ0) is 20.1. The summed E-state index contributed by atoms with van der Waals surface area (Å²) in [6, 6.07) is 22.2. The lowest BCUT2D eigenvalue weighted by Crippen LogP contribution is -2.43. The number of aromatic nitrogens is 1. The summed E-state index contributed by atoms with van der Waals surface area (Å²) < 4.78 is 19.0. The van der Waals surface area contributed by atoms with Crippen LogP contribution in [0.3, 0.4) is 0 Å². The molecule has 29 heavy (non-hydrogen) atoms. The fourth-order valence-corrected chi connectivity index (χ4v) is 3.52. The standard InChI is InChI=1S/C24H23FN2O2/c25-20-11-9-19(10-12-20)16-24(28)27-13-14-29-23(17-27)22-8-4-7-21(26-22)15-18-5-2-1-3-6-18/h1-12,23H,13-17H2/t23-/m0/s1. The monoisotopic (exact) mass is 390 g/mol. The quantitative estimate of drug-likeness (QED) is 0.662. The maximum absolute atomic E-state index is 13.1. The molecular weight excluding hydrogens is 367 g/mol. The average molecular weight is 390 g/mol. The van der Waals surface area contributed by atoms with Crippen molar-refractivity contribution in [3.63, 3.8) is 0 Å². The van der Waals surface area contributed by atoms with Crippen molar-refractivity contribution >= 4 is 5.91 Å². The Morgan fingerprint density at radius 1 is 1.00 bits per heavy atom. The van der Waals surface area contributed by atoms with Gasteiger partial charge in [-0.2, -0.15) is 0 Å². The summed E-state index contributed by atoms with van der Waals surface area (Å²) in [5.41, 5.74) is 3.84. The van der Waals surface area contributed by atoms with E-state index >= 15 is 0 Å². The van der Waals surface area contributed by atoms with E-state index in [0.29, 0.717) is 19.7 Å². The average Bonchev–Trinajstić information content (AvgIpc) is 2.76. The molecule has 0 N–H and O–H groups in total. The van der Waals surface area contributed by atoms with Crippen LogP contribution in [0.25, 0.3) is 0 Å². The highest BCUT2D eigenvalue weighted by Gasteiger charge is 2.26. The number of rotatable bonds is 5. The normalized spacial score (nSPS) is 16.6. The number of amides is 1. The maximum Gasteiger partial charge on any atom is 0.227 e. The number of carbonyl (C=O) groups is 1. The summed E-state index contributed by atoms with van der Waals surface area (Å²) in [5.74, 6) is -0.278. The Morgan fingerprint density at radius 3 is 2.59 bits per heavy atom. The van der Waals surface area contributed by atoms with Crippen LogP contribution >= 0.6 is 0 Å². The first-order chi connectivity index (χ1) is 14.2. The Balaban J connectivity index is 1.42. The molecule has 4 rings (SSSR count). The van der Waals surface area contributed by atoms with Gasteiger partial charge in [-0.1, -0.05) is 48.5 Å².